The number of fused-ring (bicyclic) bond motifs is 1. The van der Waals surface area contributed by atoms with Gasteiger partial charge in [-0.3, -0.25) is 15.1 Å². The van der Waals surface area contributed by atoms with E-state index >= 15 is 0 Å². The number of hydrogen-bond acceptors (Lipinski definition) is 3. The van der Waals surface area contributed by atoms with Gasteiger partial charge >= 0.3 is 0 Å². The van der Waals surface area contributed by atoms with Crippen molar-refractivity contribution in [1.29, 1.82) is 0 Å². The Morgan fingerprint density at radius 2 is 2.17 bits per heavy atom. The molecule has 0 bridgehead atoms. The van der Waals surface area contributed by atoms with Gasteiger partial charge in [0.05, 0.1) is 10.4 Å². The van der Waals surface area contributed by atoms with Crippen LogP contribution in [0.15, 0.2) is 30.3 Å². The van der Waals surface area contributed by atoms with Crippen LogP contribution in [0.1, 0.15) is 19.0 Å². The summed E-state index contributed by atoms with van der Waals surface area (Å²) in [6.45, 7) is 2.03. The highest BCUT2D eigenvalue weighted by Gasteiger charge is 2.09. The summed E-state index contributed by atoms with van der Waals surface area (Å²) in [7, 11) is 0. The highest BCUT2D eigenvalue weighted by atomic mass is 35.5. The number of non-ortho nitro benzene ring substituents is 1. The van der Waals surface area contributed by atoms with Crippen molar-refractivity contribution in [2.24, 2.45) is 0 Å². The first-order valence-electron chi connectivity index (χ1n) is 5.78. The number of nitrogens with zero attached hydrogens (tertiary/aromatic N) is 2. The summed E-state index contributed by atoms with van der Waals surface area (Å²) in [6, 6.07) is 8.40. The van der Waals surface area contributed by atoms with E-state index in [4.69, 9.17) is 11.6 Å². The van der Waals surface area contributed by atoms with Gasteiger partial charge in [-0.25, -0.2) is 0 Å². The fourth-order valence-corrected chi connectivity index (χ4v) is 1.91. The Morgan fingerprint density at radius 1 is 1.39 bits per heavy atom. The summed E-state index contributed by atoms with van der Waals surface area (Å²) in [5.41, 5.74) is 1.76. The monoisotopic (exact) mass is 264 g/mol. The number of nitro groups is 1. The van der Waals surface area contributed by atoms with Crippen LogP contribution in [-0.2, 0) is 6.42 Å². The maximum atomic E-state index is 10.7. The van der Waals surface area contributed by atoms with Gasteiger partial charge < -0.3 is 0 Å². The summed E-state index contributed by atoms with van der Waals surface area (Å²) >= 11 is 6.09. The molecular formula is C13H13ClN2O2. The molecule has 0 N–H and O–H groups in total. The second-order valence-corrected chi connectivity index (χ2v) is 4.76. The van der Waals surface area contributed by atoms with Crippen LogP contribution in [0.4, 0.5) is 5.69 Å². The number of nitro benzene ring substituents is 1. The molecule has 0 saturated heterocycles. The quantitative estimate of drug-likeness (QED) is 0.481. The summed E-state index contributed by atoms with van der Waals surface area (Å²) < 4.78 is 0. The first-order chi connectivity index (χ1) is 8.60. The molecular weight excluding hydrogens is 252 g/mol. The molecule has 0 amide bonds. The van der Waals surface area contributed by atoms with Gasteiger partial charge in [-0.05, 0) is 18.6 Å². The van der Waals surface area contributed by atoms with Crippen LogP contribution in [0.2, 0.25) is 0 Å². The molecule has 0 fully saturated rings. The Hall–Kier alpha value is -1.68. The number of halogens is 1. The Morgan fingerprint density at radius 3 is 2.83 bits per heavy atom. The maximum Gasteiger partial charge on any atom is 0.270 e. The zero-order valence-electron chi connectivity index (χ0n) is 9.97. The standard InChI is InChI=1S/C13H13ClN2O2/c1-2-10(14)8-11-4-3-9-7-12(16(17)18)5-6-13(9)15-11/h3-7,10H,2,8H2,1H3. The molecule has 1 unspecified atom stereocenters. The van der Waals surface area contributed by atoms with Crippen LogP contribution < -0.4 is 0 Å². The summed E-state index contributed by atoms with van der Waals surface area (Å²) in [5, 5.41) is 11.5. The molecule has 1 aromatic carbocycles. The molecule has 0 aliphatic heterocycles. The van der Waals surface area contributed by atoms with Crippen LogP contribution in [0.3, 0.4) is 0 Å². The van der Waals surface area contributed by atoms with Crippen molar-refractivity contribution in [3.05, 3.63) is 46.1 Å². The smallest absolute Gasteiger partial charge is 0.258 e. The molecule has 0 radical (unpaired) electrons. The zero-order valence-corrected chi connectivity index (χ0v) is 10.7. The molecule has 1 heterocycles. The Bertz CT molecular complexity index is 586. The minimum Gasteiger partial charge on any atom is -0.258 e. The Labute approximate surface area is 110 Å². The van der Waals surface area contributed by atoms with Gasteiger partial charge in [-0.1, -0.05) is 13.0 Å². The molecule has 94 valence electrons. The average Bonchev–Trinajstić information content (AvgIpc) is 2.37. The zero-order chi connectivity index (χ0) is 13.1. The molecule has 5 heteroatoms. The minimum atomic E-state index is -0.404. The number of aromatic nitrogens is 1. The largest absolute Gasteiger partial charge is 0.270 e. The number of benzene rings is 1. The molecule has 1 atom stereocenters. The normalized spacial score (nSPS) is 12.6. The molecule has 0 saturated carbocycles. The maximum absolute atomic E-state index is 10.7. The predicted octanol–water partition coefficient (Wildman–Crippen LogP) is 3.70. The van der Waals surface area contributed by atoms with Gasteiger partial charge in [0, 0.05) is 35.0 Å². The topological polar surface area (TPSA) is 56.0 Å². The van der Waals surface area contributed by atoms with E-state index in [0.29, 0.717) is 6.42 Å². The predicted molar refractivity (Wildman–Crippen MR) is 72.0 cm³/mol. The van der Waals surface area contributed by atoms with Crippen LogP contribution in [-0.4, -0.2) is 15.3 Å². The fraction of sp³-hybridized carbons (Fsp3) is 0.308. The highest BCUT2D eigenvalue weighted by molar-refractivity contribution is 6.20. The third-order valence-corrected chi connectivity index (χ3v) is 3.28. The third kappa shape index (κ3) is 2.76. The van der Waals surface area contributed by atoms with Crippen molar-refractivity contribution in [2.45, 2.75) is 25.1 Å². The van der Waals surface area contributed by atoms with E-state index < -0.39 is 4.92 Å². The van der Waals surface area contributed by atoms with E-state index in [0.717, 1.165) is 23.0 Å². The van der Waals surface area contributed by atoms with Crippen LogP contribution in [0.25, 0.3) is 10.9 Å². The van der Waals surface area contributed by atoms with Crippen molar-refractivity contribution < 1.29 is 4.92 Å². The van der Waals surface area contributed by atoms with Gasteiger partial charge in [0.15, 0.2) is 0 Å². The summed E-state index contributed by atoms with van der Waals surface area (Å²) in [6.07, 6.45) is 1.60. The van der Waals surface area contributed by atoms with Crippen LogP contribution >= 0.6 is 11.6 Å². The first-order valence-corrected chi connectivity index (χ1v) is 6.22. The molecule has 1 aromatic heterocycles. The fourth-order valence-electron chi connectivity index (χ4n) is 1.75. The second kappa shape index (κ2) is 5.31. The Kier molecular flexibility index (Phi) is 3.77. The third-order valence-electron chi connectivity index (χ3n) is 2.81. The summed E-state index contributed by atoms with van der Waals surface area (Å²) in [4.78, 5) is 14.7. The lowest BCUT2D eigenvalue weighted by atomic mass is 10.1. The number of rotatable bonds is 4. The number of hydrogen-bond donors (Lipinski definition) is 0. The van der Waals surface area contributed by atoms with E-state index in [2.05, 4.69) is 4.98 Å². The lowest BCUT2D eigenvalue weighted by Gasteiger charge is -2.06. The molecule has 18 heavy (non-hydrogen) atoms. The van der Waals surface area contributed by atoms with Crippen molar-refractivity contribution >= 4 is 28.2 Å². The van der Waals surface area contributed by atoms with Crippen LogP contribution in [0, 0.1) is 10.1 Å². The van der Waals surface area contributed by atoms with E-state index in [1.807, 2.05) is 19.1 Å². The lowest BCUT2D eigenvalue weighted by molar-refractivity contribution is -0.384. The molecule has 4 nitrogen and oxygen atoms in total. The van der Waals surface area contributed by atoms with Gasteiger partial charge in [0.1, 0.15) is 0 Å². The van der Waals surface area contributed by atoms with Crippen molar-refractivity contribution in [3.63, 3.8) is 0 Å². The highest BCUT2D eigenvalue weighted by Crippen LogP contribution is 2.20. The van der Waals surface area contributed by atoms with E-state index in [9.17, 15) is 10.1 Å². The average molecular weight is 265 g/mol. The number of pyridine rings is 1. The van der Waals surface area contributed by atoms with Gasteiger partial charge in [-0.2, -0.15) is 0 Å². The van der Waals surface area contributed by atoms with Gasteiger partial charge in [-0.15, -0.1) is 11.6 Å². The molecule has 2 rings (SSSR count). The number of alkyl halides is 1. The van der Waals surface area contributed by atoms with Crippen molar-refractivity contribution in [3.8, 4) is 0 Å². The van der Waals surface area contributed by atoms with Crippen LogP contribution in [0.5, 0.6) is 0 Å². The SMILES string of the molecule is CCC(Cl)Cc1ccc2cc([N+](=O)[O-])ccc2n1. The summed E-state index contributed by atoms with van der Waals surface area (Å²) in [5.74, 6) is 0. The van der Waals surface area contributed by atoms with Gasteiger partial charge in [0.2, 0.25) is 0 Å². The minimum absolute atomic E-state index is 0.0769. The Balaban J connectivity index is 2.35. The van der Waals surface area contributed by atoms with E-state index in [1.54, 1.807) is 6.07 Å². The lowest BCUT2D eigenvalue weighted by Crippen LogP contribution is -2.03. The first kappa shape index (κ1) is 12.8. The van der Waals surface area contributed by atoms with Crippen molar-refractivity contribution in [1.82, 2.24) is 4.98 Å². The van der Waals surface area contributed by atoms with E-state index in [1.165, 1.54) is 12.1 Å². The van der Waals surface area contributed by atoms with Gasteiger partial charge in [0.25, 0.3) is 5.69 Å². The molecule has 0 aliphatic rings. The molecule has 2 aromatic rings. The second-order valence-electron chi connectivity index (χ2n) is 4.15. The van der Waals surface area contributed by atoms with Crippen molar-refractivity contribution in [2.75, 3.05) is 0 Å². The molecule has 0 aliphatic carbocycles. The molecule has 0 spiro atoms. The van der Waals surface area contributed by atoms with E-state index in [-0.39, 0.29) is 11.1 Å².